The first-order chi connectivity index (χ1) is 11.2. The van der Waals surface area contributed by atoms with Crippen LogP contribution in [0, 0.1) is 13.8 Å². The summed E-state index contributed by atoms with van der Waals surface area (Å²) in [7, 11) is -3.34. The molecule has 1 aliphatic heterocycles. The quantitative estimate of drug-likeness (QED) is 0.882. The van der Waals surface area contributed by atoms with Crippen LogP contribution >= 0.6 is 0 Å². The van der Waals surface area contributed by atoms with E-state index in [1.54, 1.807) is 28.6 Å². The first-order valence-electron chi connectivity index (χ1n) is 7.51. The Labute approximate surface area is 140 Å². The molecule has 24 heavy (non-hydrogen) atoms. The zero-order chi connectivity index (χ0) is 17.5. The molecule has 9 heteroatoms. The lowest BCUT2D eigenvalue weighted by Crippen LogP contribution is -2.41. The van der Waals surface area contributed by atoms with Crippen LogP contribution in [0.2, 0.25) is 0 Å². The van der Waals surface area contributed by atoms with Crippen molar-refractivity contribution in [3.8, 4) is 0 Å². The second-order valence-electron chi connectivity index (χ2n) is 5.90. The average Bonchev–Trinajstić information content (AvgIpc) is 2.87. The van der Waals surface area contributed by atoms with Gasteiger partial charge in [-0.3, -0.25) is 0 Å². The first-order valence-corrected chi connectivity index (χ1v) is 9.40. The van der Waals surface area contributed by atoms with Gasteiger partial charge in [0.1, 0.15) is 11.6 Å². The number of aromatic nitrogens is 3. The number of aryl methyl sites for hydroxylation is 2. The number of sulfone groups is 1. The molecule has 0 unspecified atom stereocenters. The van der Waals surface area contributed by atoms with Gasteiger partial charge in [-0.05, 0) is 31.5 Å². The smallest absolute Gasteiger partial charge is 0.315 e. The summed E-state index contributed by atoms with van der Waals surface area (Å²) in [4.78, 5) is 18.6. The van der Waals surface area contributed by atoms with Gasteiger partial charge in [0.25, 0.3) is 0 Å². The molecule has 3 rings (SSSR count). The van der Waals surface area contributed by atoms with Crippen molar-refractivity contribution in [3.63, 3.8) is 0 Å². The molecule has 0 saturated carbocycles. The lowest BCUT2D eigenvalue weighted by molar-refractivity contribution is 0.193. The number of anilines is 1. The molecule has 0 bridgehead atoms. The number of hydrogen-bond acceptors (Lipinski definition) is 5. The number of nitrogens with one attached hydrogen (secondary N) is 1. The molecule has 1 N–H and O–H groups in total. The van der Waals surface area contributed by atoms with Gasteiger partial charge >= 0.3 is 6.03 Å². The van der Waals surface area contributed by atoms with Gasteiger partial charge in [-0.15, -0.1) is 0 Å². The van der Waals surface area contributed by atoms with Crippen LogP contribution in [0.15, 0.2) is 23.1 Å². The maximum absolute atomic E-state index is 12.4. The van der Waals surface area contributed by atoms with E-state index in [1.807, 2.05) is 6.92 Å². The van der Waals surface area contributed by atoms with Gasteiger partial charge in [0.2, 0.25) is 0 Å². The van der Waals surface area contributed by atoms with Gasteiger partial charge in [-0.25, -0.2) is 22.9 Å². The minimum Gasteiger partial charge on any atom is -0.315 e. The molecular formula is C15H19N5O3S. The normalized spacial score (nSPS) is 14.4. The van der Waals surface area contributed by atoms with E-state index in [2.05, 4.69) is 15.4 Å². The minimum atomic E-state index is -3.34. The van der Waals surface area contributed by atoms with Crippen molar-refractivity contribution in [2.75, 3.05) is 18.1 Å². The van der Waals surface area contributed by atoms with Crippen LogP contribution in [0.4, 0.5) is 10.5 Å². The van der Waals surface area contributed by atoms with E-state index in [0.29, 0.717) is 36.7 Å². The summed E-state index contributed by atoms with van der Waals surface area (Å²) in [6.45, 7) is 5.02. The molecule has 1 aliphatic rings. The number of urea groups is 1. The molecule has 0 fully saturated rings. The number of rotatable bonds is 2. The predicted molar refractivity (Wildman–Crippen MR) is 88.5 cm³/mol. The van der Waals surface area contributed by atoms with Crippen LogP contribution in [0.3, 0.4) is 0 Å². The summed E-state index contributed by atoms with van der Waals surface area (Å²) in [5.74, 6) is 1.43. The Bertz CT molecular complexity index is 904. The third kappa shape index (κ3) is 3.25. The Morgan fingerprint density at radius 2 is 2.00 bits per heavy atom. The van der Waals surface area contributed by atoms with E-state index in [4.69, 9.17) is 0 Å². The van der Waals surface area contributed by atoms with E-state index < -0.39 is 9.84 Å². The molecule has 0 aliphatic carbocycles. The van der Waals surface area contributed by atoms with E-state index in [0.717, 1.165) is 12.1 Å². The minimum absolute atomic E-state index is 0.217. The van der Waals surface area contributed by atoms with E-state index in [-0.39, 0.29) is 10.9 Å². The number of amides is 2. The highest BCUT2D eigenvalue weighted by atomic mass is 32.2. The molecule has 8 nitrogen and oxygen atoms in total. The highest BCUT2D eigenvalue weighted by Gasteiger charge is 2.23. The molecule has 1 aromatic carbocycles. The Morgan fingerprint density at radius 1 is 1.25 bits per heavy atom. The summed E-state index contributed by atoms with van der Waals surface area (Å²) in [6, 6.07) is 4.57. The summed E-state index contributed by atoms with van der Waals surface area (Å²) in [5.41, 5.74) is 1.10. The SMILES string of the molecule is Cc1nc2n(n1)CCN(C(=O)Nc1ccc(C)c(S(C)(=O)=O)c1)C2. The standard InChI is InChI=1S/C15H19N5O3S/c1-10-4-5-12(8-13(10)24(3,22)23)17-15(21)19-6-7-20-14(9-19)16-11(2)18-20/h4-5,8H,6-7,9H2,1-3H3,(H,17,21). The van der Waals surface area contributed by atoms with Gasteiger partial charge in [0, 0.05) is 18.5 Å². The van der Waals surface area contributed by atoms with Gasteiger partial charge in [0.05, 0.1) is 18.0 Å². The number of carbonyl (C=O) groups excluding carboxylic acids is 1. The third-order valence-corrected chi connectivity index (χ3v) is 5.13. The molecule has 2 aromatic rings. The van der Waals surface area contributed by atoms with Crippen LogP contribution in [-0.2, 0) is 22.9 Å². The van der Waals surface area contributed by atoms with Crippen LogP contribution in [0.5, 0.6) is 0 Å². The summed E-state index contributed by atoms with van der Waals surface area (Å²) >= 11 is 0. The Hall–Kier alpha value is -2.42. The van der Waals surface area contributed by atoms with Crippen molar-refractivity contribution in [3.05, 3.63) is 35.4 Å². The van der Waals surface area contributed by atoms with E-state index >= 15 is 0 Å². The second-order valence-corrected chi connectivity index (χ2v) is 7.89. The van der Waals surface area contributed by atoms with E-state index in [9.17, 15) is 13.2 Å². The number of carbonyl (C=O) groups is 1. The second kappa shape index (κ2) is 5.90. The van der Waals surface area contributed by atoms with Crippen LogP contribution in [0.1, 0.15) is 17.2 Å². The number of hydrogen-bond donors (Lipinski definition) is 1. The number of benzene rings is 1. The molecule has 2 heterocycles. The number of nitrogens with zero attached hydrogens (tertiary/aromatic N) is 4. The van der Waals surface area contributed by atoms with Gasteiger partial charge in [-0.1, -0.05) is 6.07 Å². The van der Waals surface area contributed by atoms with E-state index in [1.165, 1.54) is 6.07 Å². The highest BCUT2D eigenvalue weighted by Crippen LogP contribution is 2.21. The fourth-order valence-electron chi connectivity index (χ4n) is 2.71. The Balaban J connectivity index is 1.76. The summed E-state index contributed by atoms with van der Waals surface area (Å²) in [6.07, 6.45) is 1.15. The Kier molecular flexibility index (Phi) is 4.04. The van der Waals surface area contributed by atoms with Gasteiger partial charge in [0.15, 0.2) is 9.84 Å². The third-order valence-electron chi connectivity index (χ3n) is 3.89. The topological polar surface area (TPSA) is 97.2 Å². The zero-order valence-electron chi connectivity index (χ0n) is 13.8. The molecule has 2 amide bonds. The monoisotopic (exact) mass is 349 g/mol. The molecule has 0 saturated heterocycles. The average molecular weight is 349 g/mol. The fraction of sp³-hybridized carbons (Fsp3) is 0.400. The molecule has 0 atom stereocenters. The Morgan fingerprint density at radius 3 is 2.71 bits per heavy atom. The molecule has 0 radical (unpaired) electrons. The molecule has 0 spiro atoms. The number of fused-ring (bicyclic) bond motifs is 1. The van der Waals surface area contributed by atoms with Crippen molar-refractivity contribution in [2.45, 2.75) is 31.8 Å². The maximum Gasteiger partial charge on any atom is 0.322 e. The predicted octanol–water partition coefficient (Wildman–Crippen LogP) is 1.35. The lowest BCUT2D eigenvalue weighted by atomic mass is 10.2. The van der Waals surface area contributed by atoms with Crippen LogP contribution in [-0.4, -0.2) is 46.9 Å². The van der Waals surface area contributed by atoms with Crippen molar-refractivity contribution in [1.29, 1.82) is 0 Å². The fourth-order valence-corrected chi connectivity index (χ4v) is 3.71. The lowest BCUT2D eigenvalue weighted by Gasteiger charge is -2.27. The van der Waals surface area contributed by atoms with Crippen LogP contribution in [0.25, 0.3) is 0 Å². The first kappa shape index (κ1) is 16.4. The molecule has 1 aromatic heterocycles. The highest BCUT2D eigenvalue weighted by molar-refractivity contribution is 7.90. The van der Waals surface area contributed by atoms with Crippen molar-refractivity contribution in [2.24, 2.45) is 0 Å². The van der Waals surface area contributed by atoms with Gasteiger partial charge in [-0.2, -0.15) is 5.10 Å². The summed E-state index contributed by atoms with van der Waals surface area (Å²) < 4.78 is 25.4. The molecule has 128 valence electrons. The van der Waals surface area contributed by atoms with Crippen molar-refractivity contribution in [1.82, 2.24) is 19.7 Å². The van der Waals surface area contributed by atoms with Crippen LogP contribution < -0.4 is 5.32 Å². The maximum atomic E-state index is 12.4. The van der Waals surface area contributed by atoms with Crippen molar-refractivity contribution >= 4 is 21.6 Å². The van der Waals surface area contributed by atoms with Crippen molar-refractivity contribution < 1.29 is 13.2 Å². The molecular weight excluding hydrogens is 330 g/mol. The summed E-state index contributed by atoms with van der Waals surface area (Å²) in [5, 5.41) is 7.01. The zero-order valence-corrected chi connectivity index (χ0v) is 14.6. The largest absolute Gasteiger partial charge is 0.322 e. The van der Waals surface area contributed by atoms with Gasteiger partial charge < -0.3 is 10.2 Å².